The van der Waals surface area contributed by atoms with E-state index in [-0.39, 0.29) is 12.1 Å². The summed E-state index contributed by atoms with van der Waals surface area (Å²) in [6.07, 6.45) is 2.14. The molecule has 0 aromatic heterocycles. The summed E-state index contributed by atoms with van der Waals surface area (Å²) in [7, 11) is 1.91. The molecule has 106 valence electrons. The first-order valence-electron chi connectivity index (χ1n) is 6.92. The number of halogens is 2. The molecule has 2 rings (SSSR count). The van der Waals surface area contributed by atoms with E-state index in [9.17, 15) is 8.78 Å². The highest BCUT2D eigenvalue weighted by Crippen LogP contribution is 2.30. The van der Waals surface area contributed by atoms with E-state index < -0.39 is 5.92 Å². The van der Waals surface area contributed by atoms with Crippen LogP contribution in [0.3, 0.4) is 0 Å². The lowest BCUT2D eigenvalue weighted by atomic mass is 9.97. The van der Waals surface area contributed by atoms with Crippen LogP contribution in [0.5, 0.6) is 0 Å². The van der Waals surface area contributed by atoms with Crippen molar-refractivity contribution in [3.05, 3.63) is 35.9 Å². The summed E-state index contributed by atoms with van der Waals surface area (Å²) in [5.41, 5.74) is 0.116. The lowest BCUT2D eigenvalue weighted by Gasteiger charge is -2.34. The summed E-state index contributed by atoms with van der Waals surface area (Å²) < 4.78 is 28.4. The van der Waals surface area contributed by atoms with Gasteiger partial charge in [-0.3, -0.25) is 4.90 Å². The highest BCUT2D eigenvalue weighted by molar-refractivity contribution is 5.20. The Hall–Kier alpha value is -1.00. The van der Waals surface area contributed by atoms with Crippen molar-refractivity contribution in [2.45, 2.75) is 18.8 Å². The highest BCUT2D eigenvalue weighted by Gasteiger charge is 2.35. The molecule has 1 unspecified atom stereocenters. The number of nitrogens with zero attached hydrogens (tertiary/aromatic N) is 1. The van der Waals surface area contributed by atoms with Crippen LogP contribution in [-0.4, -0.2) is 38.1 Å². The molecule has 1 heterocycles. The summed E-state index contributed by atoms with van der Waals surface area (Å²) in [5, 5.41) is 3.14. The summed E-state index contributed by atoms with van der Waals surface area (Å²) in [5.74, 6) is -2.27. The van der Waals surface area contributed by atoms with Gasteiger partial charge < -0.3 is 5.32 Å². The largest absolute Gasteiger partial charge is 0.319 e. The number of alkyl halides is 2. The Kier molecular flexibility index (Phi) is 4.88. The maximum Gasteiger partial charge on any atom is 0.285 e. The molecular formula is C15H22F2N2. The van der Waals surface area contributed by atoms with Crippen LogP contribution < -0.4 is 5.32 Å². The molecule has 1 aliphatic rings. The third kappa shape index (κ3) is 3.98. The topological polar surface area (TPSA) is 15.3 Å². The van der Waals surface area contributed by atoms with Crippen molar-refractivity contribution in [3.63, 3.8) is 0 Å². The van der Waals surface area contributed by atoms with Crippen LogP contribution in [0.15, 0.2) is 30.3 Å². The quantitative estimate of drug-likeness (QED) is 0.883. The second-order valence-corrected chi connectivity index (χ2v) is 5.37. The van der Waals surface area contributed by atoms with Crippen LogP contribution >= 0.6 is 0 Å². The minimum atomic E-state index is -2.76. The molecular weight excluding hydrogens is 246 g/mol. The van der Waals surface area contributed by atoms with Crippen molar-refractivity contribution in [1.82, 2.24) is 10.2 Å². The molecule has 1 atom stereocenters. The standard InChI is InChI=1S/C15H22F2N2/c1-18-10-13-6-5-9-19(11-13)12-15(16,17)14-7-3-2-4-8-14/h2-4,7-8,13,18H,5-6,9-12H2,1H3. The first-order valence-corrected chi connectivity index (χ1v) is 6.92. The van der Waals surface area contributed by atoms with Crippen LogP contribution in [0.25, 0.3) is 0 Å². The van der Waals surface area contributed by atoms with E-state index in [0.29, 0.717) is 5.92 Å². The number of nitrogens with one attached hydrogen (secondary N) is 1. The van der Waals surface area contributed by atoms with Gasteiger partial charge in [-0.25, -0.2) is 0 Å². The summed E-state index contributed by atoms with van der Waals surface area (Å²) in [4.78, 5) is 1.90. The molecule has 0 bridgehead atoms. The average Bonchev–Trinajstić information content (AvgIpc) is 2.40. The Morgan fingerprint density at radius 1 is 1.32 bits per heavy atom. The molecule has 4 heteroatoms. The third-order valence-corrected chi connectivity index (χ3v) is 3.71. The summed E-state index contributed by atoms with van der Waals surface area (Å²) >= 11 is 0. The Labute approximate surface area is 113 Å². The Morgan fingerprint density at radius 2 is 2.05 bits per heavy atom. The summed E-state index contributed by atoms with van der Waals surface area (Å²) in [6, 6.07) is 8.12. The van der Waals surface area contributed by atoms with Crippen LogP contribution in [0, 0.1) is 5.92 Å². The predicted molar refractivity (Wildman–Crippen MR) is 73.4 cm³/mol. The number of hydrogen-bond donors (Lipinski definition) is 1. The highest BCUT2D eigenvalue weighted by atomic mass is 19.3. The SMILES string of the molecule is CNCC1CCCN(CC(F)(F)c2ccccc2)C1. The van der Waals surface area contributed by atoms with Gasteiger partial charge in [0.15, 0.2) is 0 Å². The Morgan fingerprint density at radius 3 is 2.74 bits per heavy atom. The van der Waals surface area contributed by atoms with Gasteiger partial charge in [0.1, 0.15) is 0 Å². The number of hydrogen-bond acceptors (Lipinski definition) is 2. The molecule has 1 N–H and O–H groups in total. The molecule has 0 radical (unpaired) electrons. The van der Waals surface area contributed by atoms with Gasteiger partial charge in [-0.05, 0) is 38.9 Å². The Bertz CT molecular complexity index is 379. The van der Waals surface area contributed by atoms with Gasteiger partial charge in [-0.2, -0.15) is 8.78 Å². The lowest BCUT2D eigenvalue weighted by Crippen LogP contribution is -2.43. The van der Waals surface area contributed by atoms with E-state index in [1.165, 1.54) is 12.1 Å². The number of piperidine rings is 1. The van der Waals surface area contributed by atoms with Crippen molar-refractivity contribution < 1.29 is 8.78 Å². The molecule has 1 aromatic rings. The van der Waals surface area contributed by atoms with Crippen LogP contribution in [0.4, 0.5) is 8.78 Å². The second-order valence-electron chi connectivity index (χ2n) is 5.37. The molecule has 0 saturated carbocycles. The molecule has 0 aliphatic carbocycles. The van der Waals surface area contributed by atoms with E-state index >= 15 is 0 Å². The molecule has 2 nitrogen and oxygen atoms in total. The van der Waals surface area contributed by atoms with E-state index in [4.69, 9.17) is 0 Å². The maximum absolute atomic E-state index is 14.2. The molecule has 1 fully saturated rings. The minimum Gasteiger partial charge on any atom is -0.319 e. The zero-order valence-electron chi connectivity index (χ0n) is 11.4. The van der Waals surface area contributed by atoms with Gasteiger partial charge >= 0.3 is 0 Å². The van der Waals surface area contributed by atoms with Gasteiger partial charge in [-0.15, -0.1) is 0 Å². The predicted octanol–water partition coefficient (Wildman–Crippen LogP) is 2.71. The zero-order chi connectivity index (χ0) is 13.7. The number of rotatable bonds is 5. The fraction of sp³-hybridized carbons (Fsp3) is 0.600. The zero-order valence-corrected chi connectivity index (χ0v) is 11.4. The molecule has 1 aromatic carbocycles. The van der Waals surface area contributed by atoms with Crippen LogP contribution in [0.2, 0.25) is 0 Å². The average molecular weight is 268 g/mol. The molecule has 1 aliphatic heterocycles. The van der Waals surface area contributed by atoms with Gasteiger partial charge in [0, 0.05) is 12.1 Å². The van der Waals surface area contributed by atoms with Gasteiger partial charge in [0.05, 0.1) is 6.54 Å². The molecule has 0 amide bonds. The third-order valence-electron chi connectivity index (χ3n) is 3.71. The smallest absolute Gasteiger partial charge is 0.285 e. The molecule has 0 spiro atoms. The van der Waals surface area contributed by atoms with Crippen molar-refractivity contribution in [2.24, 2.45) is 5.92 Å². The van der Waals surface area contributed by atoms with Crippen molar-refractivity contribution in [3.8, 4) is 0 Å². The first kappa shape index (κ1) is 14.4. The summed E-state index contributed by atoms with van der Waals surface area (Å²) in [6.45, 7) is 2.29. The van der Waals surface area contributed by atoms with Crippen molar-refractivity contribution >= 4 is 0 Å². The number of benzene rings is 1. The first-order chi connectivity index (χ1) is 9.12. The fourth-order valence-corrected chi connectivity index (χ4v) is 2.80. The maximum atomic E-state index is 14.2. The van der Waals surface area contributed by atoms with Gasteiger partial charge in [0.2, 0.25) is 0 Å². The number of likely N-dealkylation sites (tertiary alicyclic amines) is 1. The second kappa shape index (κ2) is 6.44. The van der Waals surface area contributed by atoms with Gasteiger partial charge in [-0.1, -0.05) is 30.3 Å². The van der Waals surface area contributed by atoms with E-state index in [1.54, 1.807) is 18.2 Å². The Balaban J connectivity index is 1.96. The van der Waals surface area contributed by atoms with Crippen LogP contribution in [-0.2, 0) is 5.92 Å². The fourth-order valence-electron chi connectivity index (χ4n) is 2.80. The monoisotopic (exact) mass is 268 g/mol. The van der Waals surface area contributed by atoms with Crippen molar-refractivity contribution in [2.75, 3.05) is 33.2 Å². The molecule has 19 heavy (non-hydrogen) atoms. The van der Waals surface area contributed by atoms with Gasteiger partial charge in [0.25, 0.3) is 5.92 Å². The normalized spacial score (nSPS) is 21.5. The van der Waals surface area contributed by atoms with E-state index in [0.717, 1.165) is 32.5 Å². The van der Waals surface area contributed by atoms with E-state index in [1.807, 2.05) is 11.9 Å². The lowest BCUT2D eigenvalue weighted by molar-refractivity contribution is -0.0461. The van der Waals surface area contributed by atoms with Crippen molar-refractivity contribution in [1.29, 1.82) is 0 Å². The minimum absolute atomic E-state index is 0.116. The van der Waals surface area contributed by atoms with E-state index in [2.05, 4.69) is 5.32 Å². The van der Waals surface area contributed by atoms with Crippen LogP contribution in [0.1, 0.15) is 18.4 Å². The molecule has 1 saturated heterocycles.